The van der Waals surface area contributed by atoms with Gasteiger partial charge in [-0.15, -0.1) is 0 Å². The summed E-state index contributed by atoms with van der Waals surface area (Å²) < 4.78 is 5.65. The molecule has 4 heteroatoms. The van der Waals surface area contributed by atoms with Crippen LogP contribution in [0.1, 0.15) is 58.9 Å². The van der Waals surface area contributed by atoms with Crippen molar-refractivity contribution in [3.63, 3.8) is 0 Å². The van der Waals surface area contributed by atoms with E-state index in [0.717, 1.165) is 5.56 Å². The summed E-state index contributed by atoms with van der Waals surface area (Å²) in [6, 6.07) is 11.3. The maximum Gasteiger partial charge on any atom is 0.254 e. The van der Waals surface area contributed by atoms with Crippen LogP contribution in [0.5, 0.6) is 0 Å². The number of Topliss-reactive ketones (excluding diaryl/α,β-unsaturated/α-hetero) is 1. The lowest BCUT2D eigenvalue weighted by molar-refractivity contribution is 0.0950. The Kier molecular flexibility index (Phi) is 4.58. The number of benzene rings is 1. The van der Waals surface area contributed by atoms with E-state index in [1.807, 2.05) is 44.2 Å². The number of hydrogen-bond acceptors (Lipinski definition) is 3. The summed E-state index contributed by atoms with van der Waals surface area (Å²) in [7, 11) is 0. The molecule has 1 N–H and O–H groups in total. The van der Waals surface area contributed by atoms with Gasteiger partial charge in [0.05, 0.1) is 5.56 Å². The van der Waals surface area contributed by atoms with Gasteiger partial charge in [-0.3, -0.25) is 9.59 Å². The number of carbonyl (C=O) groups excluding carboxylic acids is 2. The molecule has 0 radical (unpaired) electrons. The maximum atomic E-state index is 12.2. The second kappa shape index (κ2) is 6.39. The van der Waals surface area contributed by atoms with Crippen molar-refractivity contribution < 1.29 is 14.0 Å². The van der Waals surface area contributed by atoms with Gasteiger partial charge >= 0.3 is 0 Å². The van der Waals surface area contributed by atoms with E-state index in [9.17, 15) is 9.59 Å². The first kappa shape index (κ1) is 15.0. The van der Waals surface area contributed by atoms with Crippen molar-refractivity contribution in [2.75, 3.05) is 6.54 Å². The molecule has 0 aliphatic heterocycles. The van der Waals surface area contributed by atoms with Gasteiger partial charge in [0.2, 0.25) is 0 Å². The van der Waals surface area contributed by atoms with Gasteiger partial charge in [-0.2, -0.15) is 0 Å². The molecule has 1 atom stereocenters. The van der Waals surface area contributed by atoms with Crippen molar-refractivity contribution in [2.45, 2.75) is 26.7 Å². The Morgan fingerprint density at radius 1 is 1.24 bits per heavy atom. The summed E-state index contributed by atoms with van der Waals surface area (Å²) in [6.45, 7) is 5.76. The summed E-state index contributed by atoms with van der Waals surface area (Å²) in [5, 5.41) is 2.75. The van der Waals surface area contributed by atoms with Gasteiger partial charge in [-0.1, -0.05) is 37.3 Å². The van der Waals surface area contributed by atoms with E-state index < -0.39 is 0 Å². The van der Waals surface area contributed by atoms with Crippen molar-refractivity contribution in [1.29, 1.82) is 0 Å². The Balaban J connectivity index is 2.46. The SMILES string of the molecule is CCNC(=O)c1cc(C(C)=O)oc1C(C)c1ccccc1. The first-order valence-electron chi connectivity index (χ1n) is 7.02. The molecule has 0 aliphatic carbocycles. The quantitative estimate of drug-likeness (QED) is 0.857. The molecular weight excluding hydrogens is 266 g/mol. The van der Waals surface area contributed by atoms with E-state index >= 15 is 0 Å². The highest BCUT2D eigenvalue weighted by atomic mass is 16.3. The number of carbonyl (C=O) groups is 2. The molecule has 110 valence electrons. The Morgan fingerprint density at radius 3 is 2.48 bits per heavy atom. The zero-order valence-corrected chi connectivity index (χ0v) is 12.5. The predicted octanol–water partition coefficient (Wildman–Crippen LogP) is 3.38. The minimum absolute atomic E-state index is 0.100. The summed E-state index contributed by atoms with van der Waals surface area (Å²) >= 11 is 0. The van der Waals surface area contributed by atoms with Gasteiger partial charge in [0, 0.05) is 25.5 Å². The molecule has 1 heterocycles. The van der Waals surface area contributed by atoms with E-state index in [-0.39, 0.29) is 23.4 Å². The molecule has 4 nitrogen and oxygen atoms in total. The second-order valence-electron chi connectivity index (χ2n) is 4.94. The van der Waals surface area contributed by atoms with Crippen molar-refractivity contribution in [3.05, 3.63) is 59.0 Å². The number of amides is 1. The van der Waals surface area contributed by atoms with Gasteiger partial charge in [-0.05, 0) is 12.5 Å². The Morgan fingerprint density at radius 2 is 1.90 bits per heavy atom. The number of furan rings is 1. The normalized spacial score (nSPS) is 12.0. The molecule has 1 aromatic carbocycles. The maximum absolute atomic E-state index is 12.2. The van der Waals surface area contributed by atoms with Gasteiger partial charge in [-0.25, -0.2) is 0 Å². The van der Waals surface area contributed by atoms with Crippen LogP contribution < -0.4 is 5.32 Å². The molecule has 1 unspecified atom stereocenters. The van der Waals surface area contributed by atoms with Crippen LogP contribution in [-0.2, 0) is 0 Å². The third kappa shape index (κ3) is 3.21. The van der Waals surface area contributed by atoms with E-state index in [4.69, 9.17) is 4.42 Å². The van der Waals surface area contributed by atoms with Crippen LogP contribution in [0.2, 0.25) is 0 Å². The fourth-order valence-electron chi connectivity index (χ4n) is 2.23. The molecule has 2 aromatic rings. The third-order valence-corrected chi connectivity index (χ3v) is 3.38. The van der Waals surface area contributed by atoms with Crippen LogP contribution in [0.25, 0.3) is 0 Å². The minimum atomic E-state index is -0.216. The summed E-state index contributed by atoms with van der Waals surface area (Å²) in [4.78, 5) is 23.7. The number of ketones is 1. The molecule has 0 bridgehead atoms. The summed E-state index contributed by atoms with van der Waals surface area (Å²) in [5.41, 5.74) is 1.46. The van der Waals surface area contributed by atoms with Crippen LogP contribution in [0.3, 0.4) is 0 Å². The number of rotatable bonds is 5. The smallest absolute Gasteiger partial charge is 0.254 e. The average molecular weight is 285 g/mol. The van der Waals surface area contributed by atoms with E-state index in [1.165, 1.54) is 13.0 Å². The van der Waals surface area contributed by atoms with Gasteiger partial charge in [0.15, 0.2) is 11.5 Å². The Hall–Kier alpha value is -2.36. The van der Waals surface area contributed by atoms with E-state index in [0.29, 0.717) is 17.9 Å². The standard InChI is InChI=1S/C17H19NO3/c1-4-18-17(20)14-10-15(12(3)19)21-16(14)11(2)13-8-6-5-7-9-13/h5-11H,4H2,1-3H3,(H,18,20). The Labute approximate surface area is 124 Å². The molecule has 21 heavy (non-hydrogen) atoms. The molecule has 0 spiro atoms. The molecular formula is C17H19NO3. The highest BCUT2D eigenvalue weighted by Gasteiger charge is 2.24. The number of nitrogens with one attached hydrogen (secondary N) is 1. The summed E-state index contributed by atoms with van der Waals surface area (Å²) in [6.07, 6.45) is 0. The van der Waals surface area contributed by atoms with Crippen molar-refractivity contribution in [3.8, 4) is 0 Å². The first-order valence-corrected chi connectivity index (χ1v) is 7.02. The van der Waals surface area contributed by atoms with Crippen LogP contribution in [0, 0.1) is 0 Å². The third-order valence-electron chi connectivity index (χ3n) is 3.38. The van der Waals surface area contributed by atoms with Crippen LogP contribution in [0.4, 0.5) is 0 Å². The highest BCUT2D eigenvalue weighted by molar-refractivity contribution is 5.99. The molecule has 1 amide bonds. The molecule has 0 fully saturated rings. The largest absolute Gasteiger partial charge is 0.456 e. The highest BCUT2D eigenvalue weighted by Crippen LogP contribution is 2.29. The predicted molar refractivity (Wildman–Crippen MR) is 80.7 cm³/mol. The molecule has 0 saturated heterocycles. The van der Waals surface area contributed by atoms with Crippen molar-refractivity contribution >= 4 is 11.7 Å². The van der Waals surface area contributed by atoms with E-state index in [1.54, 1.807) is 0 Å². The molecule has 0 aliphatic rings. The minimum Gasteiger partial charge on any atom is -0.456 e. The zero-order chi connectivity index (χ0) is 15.4. The molecule has 0 saturated carbocycles. The van der Waals surface area contributed by atoms with Crippen LogP contribution in [-0.4, -0.2) is 18.2 Å². The van der Waals surface area contributed by atoms with Crippen LogP contribution >= 0.6 is 0 Å². The second-order valence-corrected chi connectivity index (χ2v) is 4.94. The summed E-state index contributed by atoms with van der Waals surface area (Å²) in [5.74, 6) is 0.238. The monoisotopic (exact) mass is 285 g/mol. The molecule has 2 rings (SSSR count). The average Bonchev–Trinajstić information content (AvgIpc) is 2.93. The number of hydrogen-bond donors (Lipinski definition) is 1. The van der Waals surface area contributed by atoms with Gasteiger partial charge < -0.3 is 9.73 Å². The molecule has 1 aromatic heterocycles. The lowest BCUT2D eigenvalue weighted by Gasteiger charge is -2.11. The zero-order valence-electron chi connectivity index (χ0n) is 12.5. The first-order chi connectivity index (χ1) is 10.0. The fraction of sp³-hybridized carbons (Fsp3) is 0.294. The van der Waals surface area contributed by atoms with Crippen molar-refractivity contribution in [1.82, 2.24) is 5.32 Å². The lowest BCUT2D eigenvalue weighted by Crippen LogP contribution is -2.23. The van der Waals surface area contributed by atoms with E-state index in [2.05, 4.69) is 5.32 Å². The van der Waals surface area contributed by atoms with Crippen LogP contribution in [0.15, 0.2) is 40.8 Å². The van der Waals surface area contributed by atoms with Gasteiger partial charge in [0.1, 0.15) is 5.76 Å². The lowest BCUT2D eigenvalue weighted by atomic mass is 9.96. The van der Waals surface area contributed by atoms with Crippen molar-refractivity contribution in [2.24, 2.45) is 0 Å². The van der Waals surface area contributed by atoms with Gasteiger partial charge in [0.25, 0.3) is 5.91 Å². The Bertz CT molecular complexity index is 643. The topological polar surface area (TPSA) is 59.3 Å². The fourth-order valence-corrected chi connectivity index (χ4v) is 2.23.